The normalized spacial score (nSPS) is 11.5. The van der Waals surface area contributed by atoms with Gasteiger partial charge < -0.3 is 10.4 Å². The first kappa shape index (κ1) is 12.2. The minimum absolute atomic E-state index is 0.0935. The quantitative estimate of drug-likeness (QED) is 0.824. The molecule has 3 nitrogen and oxygen atoms in total. The summed E-state index contributed by atoms with van der Waals surface area (Å²) in [6.45, 7) is 5.63. The third-order valence-electron chi connectivity index (χ3n) is 2.02. The zero-order chi connectivity index (χ0) is 11.5. The molecule has 1 aromatic heterocycles. The summed E-state index contributed by atoms with van der Waals surface area (Å²) in [6, 6.07) is 1.96. The predicted octanol–water partition coefficient (Wildman–Crippen LogP) is 1.81. The maximum Gasteiger partial charge on any atom is 0.261 e. The van der Waals surface area contributed by atoms with Gasteiger partial charge in [0.1, 0.15) is 0 Å². The van der Waals surface area contributed by atoms with Gasteiger partial charge in [-0.1, -0.05) is 6.92 Å². The number of aliphatic hydroxyl groups is 1. The second-order valence-electron chi connectivity index (χ2n) is 4.12. The third-order valence-corrected chi connectivity index (χ3v) is 2.97. The van der Waals surface area contributed by atoms with Gasteiger partial charge in [0.05, 0.1) is 10.5 Å². The molecule has 0 saturated carbocycles. The Morgan fingerprint density at radius 3 is 2.80 bits per heavy atom. The van der Waals surface area contributed by atoms with E-state index in [4.69, 9.17) is 0 Å². The SMILES string of the molecule is CCc1ccsc1C(=O)NCC(C)(C)O. The molecule has 0 unspecified atom stereocenters. The van der Waals surface area contributed by atoms with Crippen LogP contribution in [0.3, 0.4) is 0 Å². The fourth-order valence-electron chi connectivity index (χ4n) is 1.19. The summed E-state index contributed by atoms with van der Waals surface area (Å²) < 4.78 is 0. The molecule has 1 aromatic rings. The molecule has 0 atom stereocenters. The van der Waals surface area contributed by atoms with Gasteiger partial charge in [0.2, 0.25) is 0 Å². The van der Waals surface area contributed by atoms with Crippen LogP contribution in [0.2, 0.25) is 0 Å². The van der Waals surface area contributed by atoms with E-state index in [1.54, 1.807) is 13.8 Å². The van der Waals surface area contributed by atoms with E-state index in [0.717, 1.165) is 16.9 Å². The van der Waals surface area contributed by atoms with Crippen molar-refractivity contribution in [3.05, 3.63) is 21.9 Å². The minimum Gasteiger partial charge on any atom is -0.389 e. The Kier molecular flexibility index (Phi) is 3.88. The number of carbonyl (C=O) groups excluding carboxylic acids is 1. The van der Waals surface area contributed by atoms with Crippen molar-refractivity contribution < 1.29 is 9.90 Å². The van der Waals surface area contributed by atoms with Crippen molar-refractivity contribution in [3.8, 4) is 0 Å². The third kappa shape index (κ3) is 3.64. The molecule has 0 aliphatic rings. The lowest BCUT2D eigenvalue weighted by Gasteiger charge is -2.17. The topological polar surface area (TPSA) is 49.3 Å². The average Bonchev–Trinajstić information content (AvgIpc) is 2.60. The van der Waals surface area contributed by atoms with Gasteiger partial charge in [-0.25, -0.2) is 0 Å². The van der Waals surface area contributed by atoms with Gasteiger partial charge in [-0.15, -0.1) is 11.3 Å². The van der Waals surface area contributed by atoms with E-state index < -0.39 is 5.60 Å². The van der Waals surface area contributed by atoms with Gasteiger partial charge in [0, 0.05) is 6.54 Å². The molecule has 0 fully saturated rings. The molecule has 0 bridgehead atoms. The van der Waals surface area contributed by atoms with E-state index in [0.29, 0.717) is 0 Å². The van der Waals surface area contributed by atoms with Gasteiger partial charge in [0.15, 0.2) is 0 Å². The van der Waals surface area contributed by atoms with Crippen LogP contribution in [0.15, 0.2) is 11.4 Å². The van der Waals surface area contributed by atoms with E-state index in [2.05, 4.69) is 5.32 Å². The Morgan fingerprint density at radius 2 is 2.27 bits per heavy atom. The predicted molar refractivity (Wildman–Crippen MR) is 62.3 cm³/mol. The van der Waals surface area contributed by atoms with Crippen molar-refractivity contribution in [3.63, 3.8) is 0 Å². The summed E-state index contributed by atoms with van der Waals surface area (Å²) in [6.07, 6.45) is 0.856. The van der Waals surface area contributed by atoms with Crippen LogP contribution < -0.4 is 5.32 Å². The fourth-order valence-corrected chi connectivity index (χ4v) is 2.10. The fraction of sp³-hybridized carbons (Fsp3) is 0.545. The highest BCUT2D eigenvalue weighted by Gasteiger charge is 2.16. The highest BCUT2D eigenvalue weighted by Crippen LogP contribution is 2.17. The van der Waals surface area contributed by atoms with E-state index >= 15 is 0 Å². The van der Waals surface area contributed by atoms with Crippen LogP contribution in [0.4, 0.5) is 0 Å². The minimum atomic E-state index is -0.862. The van der Waals surface area contributed by atoms with Gasteiger partial charge in [-0.3, -0.25) is 4.79 Å². The van der Waals surface area contributed by atoms with Crippen molar-refractivity contribution in [2.75, 3.05) is 6.54 Å². The Hall–Kier alpha value is -0.870. The van der Waals surface area contributed by atoms with E-state index in [1.165, 1.54) is 11.3 Å². The van der Waals surface area contributed by atoms with E-state index in [1.807, 2.05) is 18.4 Å². The highest BCUT2D eigenvalue weighted by atomic mass is 32.1. The van der Waals surface area contributed by atoms with Gasteiger partial charge in [-0.05, 0) is 37.3 Å². The van der Waals surface area contributed by atoms with Crippen LogP contribution in [0.1, 0.15) is 36.0 Å². The summed E-state index contributed by atoms with van der Waals surface area (Å²) >= 11 is 1.44. The molecule has 0 saturated heterocycles. The number of nitrogens with one attached hydrogen (secondary N) is 1. The Balaban J connectivity index is 2.62. The number of hydrogen-bond donors (Lipinski definition) is 2. The molecular weight excluding hydrogens is 210 g/mol. The van der Waals surface area contributed by atoms with Crippen LogP contribution in [0.5, 0.6) is 0 Å². The van der Waals surface area contributed by atoms with Crippen LogP contribution >= 0.6 is 11.3 Å². The molecule has 0 aromatic carbocycles. The monoisotopic (exact) mass is 227 g/mol. The molecule has 1 amide bonds. The number of aryl methyl sites for hydroxylation is 1. The van der Waals surface area contributed by atoms with E-state index in [9.17, 15) is 9.90 Å². The van der Waals surface area contributed by atoms with Crippen LogP contribution in [0.25, 0.3) is 0 Å². The van der Waals surface area contributed by atoms with E-state index in [-0.39, 0.29) is 12.5 Å². The molecule has 1 rings (SSSR count). The lowest BCUT2D eigenvalue weighted by Crippen LogP contribution is -2.38. The molecule has 84 valence electrons. The zero-order valence-electron chi connectivity index (χ0n) is 9.33. The highest BCUT2D eigenvalue weighted by molar-refractivity contribution is 7.12. The molecule has 2 N–H and O–H groups in total. The average molecular weight is 227 g/mol. The van der Waals surface area contributed by atoms with Crippen molar-refractivity contribution in [2.45, 2.75) is 32.8 Å². The van der Waals surface area contributed by atoms with Crippen molar-refractivity contribution in [1.82, 2.24) is 5.32 Å². The summed E-state index contributed by atoms with van der Waals surface area (Å²) in [4.78, 5) is 12.5. The lowest BCUT2D eigenvalue weighted by molar-refractivity contribution is 0.0696. The standard InChI is InChI=1S/C11H17NO2S/c1-4-8-5-6-15-9(8)10(13)12-7-11(2,3)14/h5-6,14H,4,7H2,1-3H3,(H,12,13). The molecular formula is C11H17NO2S. The zero-order valence-corrected chi connectivity index (χ0v) is 10.1. The summed E-state index contributed by atoms with van der Waals surface area (Å²) in [5.74, 6) is -0.0935. The second kappa shape index (κ2) is 4.77. The molecule has 4 heteroatoms. The second-order valence-corrected chi connectivity index (χ2v) is 5.04. The van der Waals surface area contributed by atoms with Crippen LogP contribution in [-0.2, 0) is 6.42 Å². The summed E-state index contributed by atoms with van der Waals surface area (Å²) in [5, 5.41) is 14.1. The summed E-state index contributed by atoms with van der Waals surface area (Å²) in [7, 11) is 0. The van der Waals surface area contributed by atoms with Crippen molar-refractivity contribution >= 4 is 17.2 Å². The number of amides is 1. The smallest absolute Gasteiger partial charge is 0.261 e. The van der Waals surface area contributed by atoms with Crippen LogP contribution in [-0.4, -0.2) is 23.2 Å². The summed E-state index contributed by atoms with van der Waals surface area (Å²) in [5.41, 5.74) is 0.201. The van der Waals surface area contributed by atoms with Gasteiger partial charge >= 0.3 is 0 Å². The molecule has 0 radical (unpaired) electrons. The maximum atomic E-state index is 11.7. The number of carbonyl (C=O) groups is 1. The van der Waals surface area contributed by atoms with Crippen molar-refractivity contribution in [2.24, 2.45) is 0 Å². The number of hydrogen-bond acceptors (Lipinski definition) is 3. The van der Waals surface area contributed by atoms with Gasteiger partial charge in [-0.2, -0.15) is 0 Å². The van der Waals surface area contributed by atoms with Gasteiger partial charge in [0.25, 0.3) is 5.91 Å². The first-order valence-corrected chi connectivity index (χ1v) is 5.89. The molecule has 0 spiro atoms. The first-order valence-electron chi connectivity index (χ1n) is 5.01. The largest absolute Gasteiger partial charge is 0.389 e. The lowest BCUT2D eigenvalue weighted by atomic mass is 10.1. The number of rotatable bonds is 4. The molecule has 15 heavy (non-hydrogen) atoms. The molecule has 0 aliphatic carbocycles. The Morgan fingerprint density at radius 1 is 1.60 bits per heavy atom. The first-order chi connectivity index (χ1) is 6.94. The molecule has 1 heterocycles. The Labute approximate surface area is 94.1 Å². The van der Waals surface area contributed by atoms with Crippen molar-refractivity contribution in [1.29, 1.82) is 0 Å². The molecule has 0 aliphatic heterocycles. The number of thiophene rings is 1. The Bertz CT molecular complexity index is 339. The van der Waals surface area contributed by atoms with Crippen LogP contribution in [0, 0.1) is 0 Å². The maximum absolute atomic E-state index is 11.7.